The Kier molecular flexibility index (Phi) is 35.0. The third-order valence-corrected chi connectivity index (χ3v) is 21.6. The van der Waals surface area contributed by atoms with Crippen molar-refractivity contribution in [1.29, 1.82) is 5.72 Å². The molecule has 4 aromatic rings. The standard InChI is InChI=1S/C26H31NO7.C24H31NO5.C22H23NO5.C22H27NO5/c1-4-6-25(8-12-31-13-9-25)23(29)33-17-20-16-27-19(3)22(28)21(20)18-34-24(30)26(7-5-2)10-14-32-15-11-26;1-8-18(15(3)4)10-22(26)29-13-20-12-25-17(7)24(28)21(20)14-30-23(27)11-19(9-2)16(5)6;1-4-6-21(8-9-21)19(25)27-13-16-12-23-15(3)18(24)17(16)14-28-20(26)22(7-5-2)10-11-22;1-8-10-21(4,5)19(25)27-13-16-12-23-15(3)18(24)17(16)14-28-20(26)22(6,7)11-9-2/h1-2,16,28H,6-15,17-18H2,3H3;1-2,12,15-16,18-19,28H,10-11,13-14H2,3-7H3;1-2,12,24H,6-11,13-14H2,3H3;1-2,12,24H,10-11,13-14H2,3-7H3/i/hD4. The first-order chi connectivity index (χ1) is 59.0. The molecule has 0 amide bonds. The molecule has 4 fully saturated rings. The molecule has 640 valence electrons. The molecule has 0 spiro atoms. The smallest absolute Gasteiger partial charge is 0.313 e. The SMILES string of the molecule is [2H]Oc1c(C)ncc(COC(=O)C(C)(C)CC#C)c1COC(=O)C(C)(C)CC#C.[2H]Oc1c(C)ncc(COC(=O)C2(CC#C)CC2)c1COC(=O)C1(CC#C)CC1.[2H]Oc1c(C)ncc(COC(=O)C2(CC#C)CCOCC2)c1COC(=O)C1(CC#C)CCOCC1.[2H]Oc1c(C)ncc(COC(=O)CC(C#C)C(C)C)c1COC(=O)CC(C#C)C(C)C. The van der Waals surface area contributed by atoms with E-state index in [2.05, 4.69) is 67.3 Å². The Morgan fingerprint density at radius 1 is 0.392 bits per heavy atom. The second-order valence-electron chi connectivity index (χ2n) is 32.3. The van der Waals surface area contributed by atoms with Crippen LogP contribution in [0.4, 0.5) is 0 Å². The van der Waals surface area contributed by atoms with Gasteiger partial charge in [-0.25, -0.2) is 0 Å². The molecule has 26 nitrogen and oxygen atoms in total. The Bertz CT molecular complexity index is 4660. The molecule has 2 saturated heterocycles. The number of pyridine rings is 4. The van der Waals surface area contributed by atoms with Gasteiger partial charge in [0, 0.05) is 146 Å². The van der Waals surface area contributed by atoms with E-state index in [0.29, 0.717) is 158 Å². The van der Waals surface area contributed by atoms with Crippen LogP contribution in [0.2, 0.25) is 0 Å². The summed E-state index contributed by atoms with van der Waals surface area (Å²) in [4.78, 5) is 117. The predicted molar refractivity (Wildman–Crippen MR) is 441 cm³/mol. The van der Waals surface area contributed by atoms with Crippen molar-refractivity contribution < 1.29 is 106 Å². The molecule has 4 aromatic heterocycles. The van der Waals surface area contributed by atoms with Crippen LogP contribution in [0.15, 0.2) is 24.8 Å². The van der Waals surface area contributed by atoms with E-state index in [1.165, 1.54) is 24.8 Å². The van der Waals surface area contributed by atoms with Gasteiger partial charge in [-0.3, -0.25) is 58.3 Å². The van der Waals surface area contributed by atoms with Gasteiger partial charge in [0.15, 0.2) is 0 Å². The number of terminal acetylenes is 8. The first-order valence-corrected chi connectivity index (χ1v) is 39.4. The number of aromatic hydroxyl groups is 4. The monoisotopic (exact) mass is 1650 g/mol. The van der Waals surface area contributed by atoms with Crippen molar-refractivity contribution in [2.45, 2.75) is 239 Å². The number of aromatic nitrogens is 4. The summed E-state index contributed by atoms with van der Waals surface area (Å²) >= 11 is 0. The number of nitrogens with zero attached hydrogens (tertiary/aromatic N) is 4. The van der Waals surface area contributed by atoms with E-state index >= 15 is 0 Å². The van der Waals surface area contributed by atoms with Gasteiger partial charge in [-0.15, -0.1) is 98.8 Å². The topological polar surface area (TPSA) is 361 Å². The first kappa shape index (κ1) is 91.9. The fourth-order valence-electron chi connectivity index (χ4n) is 12.5. The average molecular weight is 1650 g/mol. The molecule has 6 heterocycles. The predicted octanol–water partition coefficient (Wildman–Crippen LogP) is 12.7. The minimum atomic E-state index is -0.856. The summed E-state index contributed by atoms with van der Waals surface area (Å²) in [5, 5.41) is 18.9. The lowest BCUT2D eigenvalue weighted by Gasteiger charge is -2.33. The molecule has 0 aromatic carbocycles. The molecule has 2 unspecified atom stereocenters. The molecule has 120 heavy (non-hydrogen) atoms. The fourth-order valence-corrected chi connectivity index (χ4v) is 12.5. The van der Waals surface area contributed by atoms with Crippen LogP contribution in [-0.4, -0.2) is 120 Å². The van der Waals surface area contributed by atoms with Gasteiger partial charge in [-0.1, -0.05) is 27.7 Å². The maximum atomic E-state index is 13.1. The van der Waals surface area contributed by atoms with Crippen LogP contribution < -0.4 is 0 Å². The zero-order valence-corrected chi connectivity index (χ0v) is 70.8. The zero-order valence-electron chi connectivity index (χ0n) is 74.8. The maximum Gasteiger partial charge on any atom is 0.313 e. The number of rotatable bonds is 38. The highest BCUT2D eigenvalue weighted by atomic mass is 16.6. The van der Waals surface area contributed by atoms with E-state index in [4.69, 9.17) is 125 Å². The molecule has 0 radical (unpaired) electrons. The van der Waals surface area contributed by atoms with Crippen molar-refractivity contribution in [2.75, 3.05) is 26.4 Å². The molecular weight excluding hydrogens is 1540 g/mol. The summed E-state index contributed by atoms with van der Waals surface area (Å²) in [5.74, 6) is 17.3. The summed E-state index contributed by atoms with van der Waals surface area (Å²) in [7, 11) is 0. The minimum Gasteiger partial charge on any atom is -0.506 e. The van der Waals surface area contributed by atoms with Crippen LogP contribution in [-0.2, 0) is 139 Å². The van der Waals surface area contributed by atoms with E-state index in [0.717, 1.165) is 0 Å². The Labute approximate surface area is 711 Å². The number of esters is 8. The van der Waals surface area contributed by atoms with Crippen LogP contribution >= 0.6 is 0 Å². The van der Waals surface area contributed by atoms with Gasteiger partial charge in [0.25, 0.3) is 5.72 Å². The summed E-state index contributed by atoms with van der Waals surface area (Å²) in [6, 6.07) is 0. The molecule has 26 heteroatoms. The largest absolute Gasteiger partial charge is 0.506 e. The maximum absolute atomic E-state index is 13.1. The molecule has 2 aliphatic carbocycles. The second-order valence-corrected chi connectivity index (χ2v) is 32.3. The summed E-state index contributed by atoms with van der Waals surface area (Å²) in [5.41, 5.74) is 0.934. The lowest BCUT2D eigenvalue weighted by atomic mass is 9.77. The normalized spacial score (nSPS) is 15.6. The van der Waals surface area contributed by atoms with Gasteiger partial charge in [0.05, 0.1) is 68.1 Å². The van der Waals surface area contributed by atoms with Gasteiger partial charge >= 0.3 is 47.8 Å². The number of ether oxygens (including phenoxy) is 10. The number of carbonyl (C=O) groups is 8. The van der Waals surface area contributed by atoms with Crippen LogP contribution in [0.25, 0.3) is 0 Å². The van der Waals surface area contributed by atoms with Gasteiger partial charge in [-0.2, -0.15) is 0 Å². The van der Waals surface area contributed by atoms with E-state index in [-0.39, 0.29) is 150 Å². The Hall–Kier alpha value is -12.0. The van der Waals surface area contributed by atoms with Gasteiger partial charge in [0.1, 0.15) is 75.9 Å². The van der Waals surface area contributed by atoms with E-state index in [1.807, 2.05) is 27.7 Å². The highest BCUT2D eigenvalue weighted by Gasteiger charge is 2.52. The van der Waals surface area contributed by atoms with Crippen LogP contribution in [0, 0.1) is 183 Å². The first-order valence-electron chi connectivity index (χ1n) is 41.0. The second kappa shape index (κ2) is 45.8. The van der Waals surface area contributed by atoms with Gasteiger partial charge in [-0.05, 0) is 119 Å². The van der Waals surface area contributed by atoms with Crippen LogP contribution in [0.1, 0.15) is 225 Å². The van der Waals surface area contributed by atoms with Crippen molar-refractivity contribution >= 4 is 47.8 Å². The third kappa shape index (κ3) is 27.5. The lowest BCUT2D eigenvalue weighted by molar-refractivity contribution is -0.164. The van der Waals surface area contributed by atoms with Gasteiger partial charge < -0.3 is 67.8 Å². The molecule has 2 saturated carbocycles. The molecule has 0 bridgehead atoms. The average Bonchev–Trinajstić information content (AvgIpc) is 1.60. The van der Waals surface area contributed by atoms with Crippen molar-refractivity contribution in [2.24, 2.45) is 56.2 Å². The molecule has 2 aliphatic heterocycles. The number of hydrogen-bond acceptors (Lipinski definition) is 26. The minimum absolute atomic E-state index is 0.0722. The molecular formula is C94H112N4O22. The summed E-state index contributed by atoms with van der Waals surface area (Å²) in [6.45, 7) is 21.8. The van der Waals surface area contributed by atoms with E-state index in [1.54, 1.807) is 55.4 Å². The highest BCUT2D eigenvalue weighted by molar-refractivity contribution is 5.82. The number of hydrogen-bond donors (Lipinski definition) is 4. The lowest BCUT2D eigenvalue weighted by Crippen LogP contribution is -2.38. The number of carbonyl (C=O) groups excluding carboxylic acids is 8. The fraction of sp³-hybridized carbons (Fsp3) is 0.532. The molecule has 4 aliphatic rings. The van der Waals surface area contributed by atoms with Gasteiger partial charge in [0.2, 0.25) is 0 Å². The molecule has 4 N–H and O–H groups in total. The quantitative estimate of drug-likeness (QED) is 0.0184. The Morgan fingerprint density at radius 3 is 0.892 bits per heavy atom. The third-order valence-electron chi connectivity index (χ3n) is 21.6. The highest BCUT2D eigenvalue weighted by Crippen LogP contribution is 2.51. The van der Waals surface area contributed by atoms with E-state index < -0.39 is 68.3 Å². The summed E-state index contributed by atoms with van der Waals surface area (Å²) < 4.78 is 84.1. The molecule has 8 rings (SSSR count). The summed E-state index contributed by atoms with van der Waals surface area (Å²) in [6.07, 6.45) is 55.9. The van der Waals surface area contributed by atoms with Crippen molar-refractivity contribution in [3.05, 3.63) is 92.1 Å². The molecule has 2 atom stereocenters. The van der Waals surface area contributed by atoms with Crippen LogP contribution in [0.5, 0.6) is 23.0 Å². The zero-order chi connectivity index (χ0) is 92.2. The number of aryl methyl sites for hydroxylation is 4. The van der Waals surface area contributed by atoms with Crippen LogP contribution in [0.3, 0.4) is 0 Å². The van der Waals surface area contributed by atoms with Crippen molar-refractivity contribution in [3.8, 4) is 122 Å². The van der Waals surface area contributed by atoms with Crippen molar-refractivity contribution in [1.82, 2.24) is 19.9 Å². The van der Waals surface area contributed by atoms with Crippen molar-refractivity contribution in [3.63, 3.8) is 0 Å². The van der Waals surface area contributed by atoms with E-state index in [9.17, 15) is 38.4 Å². The Balaban J connectivity index is 0.000000295. The Morgan fingerprint density at radius 2 is 0.633 bits per heavy atom.